The van der Waals surface area contributed by atoms with Crippen LogP contribution in [0.25, 0.3) is 0 Å². The summed E-state index contributed by atoms with van der Waals surface area (Å²) < 4.78 is 28.6. The maximum absolute atomic E-state index is 13.1. The Morgan fingerprint density at radius 3 is 2.41 bits per heavy atom. The molecule has 2 fully saturated rings. The molecular weight excluding hydrogens is 801 g/mol. The number of carbonyl (C=O) groups is 4. The van der Waals surface area contributed by atoms with Gasteiger partial charge in [-0.1, -0.05) is 67.9 Å². The van der Waals surface area contributed by atoms with Gasteiger partial charge in [0.1, 0.15) is 11.5 Å². The summed E-state index contributed by atoms with van der Waals surface area (Å²) in [5.41, 5.74) is 1.74. The largest absolute Gasteiger partial charge is 0.493 e. The second-order valence-electron chi connectivity index (χ2n) is 15.4. The molecular formula is C46H58N4O10S. The number of ether oxygens (including phenoxy) is 5. The number of hydrogen-bond acceptors (Lipinski definition) is 11. The second kappa shape index (κ2) is 23.2. The van der Waals surface area contributed by atoms with Crippen molar-refractivity contribution in [3.05, 3.63) is 101 Å². The highest BCUT2D eigenvalue weighted by atomic mass is 32.2. The van der Waals surface area contributed by atoms with Gasteiger partial charge in [0.25, 0.3) is 0 Å². The van der Waals surface area contributed by atoms with Gasteiger partial charge in [0.2, 0.25) is 11.4 Å². The highest BCUT2D eigenvalue weighted by molar-refractivity contribution is 8.00. The smallest absolute Gasteiger partial charge is 0.407 e. The Hall–Kier alpha value is -5.12. The molecule has 0 aromatic heterocycles. The van der Waals surface area contributed by atoms with Crippen molar-refractivity contribution in [2.45, 2.75) is 93.7 Å². The summed E-state index contributed by atoms with van der Waals surface area (Å²) in [6, 6.07) is 24.8. The van der Waals surface area contributed by atoms with Crippen LogP contribution in [0.1, 0.15) is 80.2 Å². The molecule has 0 radical (unpaired) electrons. The molecule has 328 valence electrons. The molecule has 0 spiro atoms. The molecule has 6 rings (SSSR count). The van der Waals surface area contributed by atoms with Crippen molar-refractivity contribution in [3.63, 3.8) is 0 Å². The lowest BCUT2D eigenvalue weighted by molar-refractivity contribution is -0.146. The summed E-state index contributed by atoms with van der Waals surface area (Å²) in [5, 5.41) is 19.8. The van der Waals surface area contributed by atoms with Gasteiger partial charge in [-0.05, 0) is 66.6 Å². The third kappa shape index (κ3) is 12.9. The molecule has 3 unspecified atom stereocenters. The van der Waals surface area contributed by atoms with E-state index in [1.54, 1.807) is 24.3 Å². The van der Waals surface area contributed by atoms with Gasteiger partial charge in [0.15, 0.2) is 6.10 Å². The number of hydrogen-bond donors (Lipinski definition) is 4. The Bertz CT molecular complexity index is 1930. The lowest BCUT2D eigenvalue weighted by atomic mass is 9.81. The molecule has 3 heterocycles. The Morgan fingerprint density at radius 1 is 0.869 bits per heavy atom. The fourth-order valence-electron chi connectivity index (χ4n) is 7.83. The highest BCUT2D eigenvalue weighted by Gasteiger charge is 2.54. The number of unbranched alkanes of at least 4 members (excludes halogenated alkanes) is 1. The number of carboxylic acid groups (broad SMARTS) is 1. The van der Waals surface area contributed by atoms with E-state index in [1.165, 1.54) is 0 Å². The number of nitrogens with one attached hydrogen (secondary N) is 3. The van der Waals surface area contributed by atoms with E-state index in [4.69, 9.17) is 28.7 Å². The molecule has 2 saturated heterocycles. The number of Topliss-reactive ketones (excluding diaryl/α,β-unsaturated/α-hetero) is 1. The highest BCUT2D eigenvalue weighted by Crippen LogP contribution is 2.43. The third-order valence-electron chi connectivity index (χ3n) is 11.0. The monoisotopic (exact) mass is 858 g/mol. The molecule has 3 aliphatic heterocycles. The standard InChI is InChI=1S/C46H58N4O10S/c1-2-33-14-6-8-17-37(33)41-46(43(52)53,30-32-12-4-3-5-13-32)50-42(60-41)34-19-21-36(22-20-34)58-25-11-26-59-45(55)47-23-27-57-29-28-56-24-10-16-35(51)15-7-9-18-39-40-38(31-61-39)48-44(54)49-40/h3-6,8,12-14,17,19-22,38-41H,2,7,9-11,15-16,18,23-31H2,1H3,(H,47,55)(H,52,53)(H2,48,49,54)/t38?,39?,40?,41-,46-/m0/s1. The van der Waals surface area contributed by atoms with Gasteiger partial charge in [0, 0.05) is 55.4 Å². The Balaban J connectivity index is 0.798. The Labute approximate surface area is 361 Å². The minimum atomic E-state index is -1.56. The molecule has 15 heteroatoms. The van der Waals surface area contributed by atoms with Crippen LogP contribution in [-0.2, 0) is 41.4 Å². The van der Waals surface area contributed by atoms with Crippen LogP contribution in [0.2, 0.25) is 0 Å². The number of nitrogens with zero attached hydrogens (tertiary/aromatic N) is 1. The molecule has 0 aliphatic carbocycles. The first-order chi connectivity index (χ1) is 29.8. The van der Waals surface area contributed by atoms with E-state index in [9.17, 15) is 24.3 Å². The van der Waals surface area contributed by atoms with Crippen molar-refractivity contribution in [1.29, 1.82) is 0 Å². The maximum atomic E-state index is 13.1. The van der Waals surface area contributed by atoms with E-state index in [2.05, 4.69) is 16.0 Å². The van der Waals surface area contributed by atoms with Gasteiger partial charge in [0.05, 0.1) is 45.1 Å². The first kappa shape index (κ1) is 45.4. The summed E-state index contributed by atoms with van der Waals surface area (Å²) in [5.74, 6) is 1.01. The number of aryl methyl sites for hydroxylation is 1. The second-order valence-corrected chi connectivity index (χ2v) is 16.7. The summed E-state index contributed by atoms with van der Waals surface area (Å²) in [6.45, 7) is 4.42. The summed E-state index contributed by atoms with van der Waals surface area (Å²) >= 11 is 1.90. The number of carboxylic acids is 1. The average Bonchev–Trinajstić information content (AvgIpc) is 3.96. The first-order valence-electron chi connectivity index (χ1n) is 21.4. The van der Waals surface area contributed by atoms with Crippen LogP contribution in [0.3, 0.4) is 0 Å². The van der Waals surface area contributed by atoms with Gasteiger partial charge in [-0.3, -0.25) is 4.79 Å². The fourth-order valence-corrected chi connectivity index (χ4v) is 9.37. The predicted molar refractivity (Wildman–Crippen MR) is 232 cm³/mol. The normalized spacial score (nSPS) is 21.5. The van der Waals surface area contributed by atoms with Gasteiger partial charge in [-0.15, -0.1) is 0 Å². The number of amides is 3. The summed E-state index contributed by atoms with van der Waals surface area (Å²) in [4.78, 5) is 53.7. The minimum absolute atomic E-state index is 0.0674. The van der Waals surface area contributed by atoms with Crippen molar-refractivity contribution >= 4 is 41.5 Å². The van der Waals surface area contributed by atoms with Gasteiger partial charge >= 0.3 is 18.1 Å². The van der Waals surface area contributed by atoms with Crippen LogP contribution in [0.4, 0.5) is 9.59 Å². The van der Waals surface area contributed by atoms with Crippen LogP contribution in [0, 0.1) is 0 Å². The maximum Gasteiger partial charge on any atom is 0.407 e. The minimum Gasteiger partial charge on any atom is -0.493 e. The number of thioether (sulfide) groups is 1. The number of benzene rings is 3. The van der Waals surface area contributed by atoms with E-state index in [0.29, 0.717) is 81.8 Å². The number of ketones is 1. The SMILES string of the molecule is CCc1ccccc1[C@@H]1OC(c2ccc(OCCCOC(=O)NCCOCCOCCCC(=O)CCCCC3SCC4NC(=O)NC43)cc2)=N[C@]1(Cc1ccccc1)C(=O)O. The van der Waals surface area contributed by atoms with Crippen LogP contribution in [0.15, 0.2) is 83.9 Å². The number of rotatable bonds is 26. The third-order valence-corrected chi connectivity index (χ3v) is 12.5. The van der Waals surface area contributed by atoms with Crippen LogP contribution in [0.5, 0.6) is 5.75 Å². The fraction of sp³-hybridized carbons (Fsp3) is 0.500. The van der Waals surface area contributed by atoms with Crippen molar-refractivity contribution in [2.75, 3.05) is 51.9 Å². The Kier molecular flexibility index (Phi) is 17.3. The van der Waals surface area contributed by atoms with E-state index in [0.717, 1.165) is 48.1 Å². The first-order valence-corrected chi connectivity index (χ1v) is 22.4. The molecule has 3 aromatic carbocycles. The summed E-state index contributed by atoms with van der Waals surface area (Å²) in [6.07, 6.45) is 4.64. The molecule has 3 aromatic rings. The number of urea groups is 1. The van der Waals surface area contributed by atoms with E-state index >= 15 is 0 Å². The molecule has 3 aliphatic rings. The molecule has 0 bridgehead atoms. The van der Waals surface area contributed by atoms with Gasteiger partial charge in [-0.25, -0.2) is 19.4 Å². The summed E-state index contributed by atoms with van der Waals surface area (Å²) in [7, 11) is 0. The topological polar surface area (TPSA) is 183 Å². The van der Waals surface area contributed by atoms with Gasteiger partial charge in [-0.2, -0.15) is 11.8 Å². The number of aliphatic carboxylic acids is 1. The molecule has 61 heavy (non-hydrogen) atoms. The zero-order chi connectivity index (χ0) is 42.9. The lowest BCUT2D eigenvalue weighted by Crippen LogP contribution is -2.43. The van der Waals surface area contributed by atoms with E-state index < -0.39 is 23.7 Å². The molecule has 4 N–H and O–H groups in total. The van der Waals surface area contributed by atoms with Gasteiger partial charge < -0.3 is 44.7 Å². The molecule has 3 amide bonds. The van der Waals surface area contributed by atoms with Crippen LogP contribution in [-0.4, -0.2) is 110 Å². The molecule has 5 atom stereocenters. The molecule has 14 nitrogen and oxygen atoms in total. The molecule has 0 saturated carbocycles. The van der Waals surface area contributed by atoms with Crippen molar-refractivity contribution < 1.29 is 48.0 Å². The predicted octanol–water partition coefficient (Wildman–Crippen LogP) is 6.44. The number of fused-ring (bicyclic) bond motifs is 1. The number of aliphatic imine (C=N–C) groups is 1. The van der Waals surface area contributed by atoms with Crippen molar-refractivity contribution in [2.24, 2.45) is 4.99 Å². The quantitative estimate of drug-likeness (QED) is 0.0515. The Morgan fingerprint density at radius 2 is 1.62 bits per heavy atom. The number of alkyl carbamates (subject to hydrolysis) is 1. The van der Waals surface area contributed by atoms with E-state index in [1.807, 2.05) is 73.3 Å². The number of carbonyl (C=O) groups excluding carboxylic acids is 3. The zero-order valence-corrected chi connectivity index (χ0v) is 35.6. The van der Waals surface area contributed by atoms with Crippen LogP contribution < -0.4 is 20.7 Å². The van der Waals surface area contributed by atoms with E-state index in [-0.39, 0.29) is 42.8 Å². The van der Waals surface area contributed by atoms with Crippen LogP contribution >= 0.6 is 11.8 Å². The van der Waals surface area contributed by atoms with Crippen molar-refractivity contribution in [1.82, 2.24) is 16.0 Å². The lowest BCUT2D eigenvalue weighted by Gasteiger charge is -2.29. The van der Waals surface area contributed by atoms with Crippen molar-refractivity contribution in [3.8, 4) is 5.75 Å². The zero-order valence-electron chi connectivity index (χ0n) is 34.8. The average molecular weight is 859 g/mol.